The van der Waals surface area contributed by atoms with E-state index in [1.165, 1.54) is 11.3 Å². The molecule has 6 nitrogen and oxygen atoms in total. The molecule has 4 aromatic rings. The van der Waals surface area contributed by atoms with E-state index in [4.69, 9.17) is 0 Å². The highest BCUT2D eigenvalue weighted by atomic mass is 32.1. The number of pyridine rings is 1. The fourth-order valence-corrected chi connectivity index (χ4v) is 3.29. The first kappa shape index (κ1) is 13.7. The van der Waals surface area contributed by atoms with Crippen LogP contribution in [0.3, 0.4) is 0 Å². The third kappa shape index (κ3) is 2.51. The maximum atomic E-state index is 12.3. The van der Waals surface area contributed by atoms with E-state index in [0.717, 1.165) is 20.6 Å². The summed E-state index contributed by atoms with van der Waals surface area (Å²) in [7, 11) is 0. The summed E-state index contributed by atoms with van der Waals surface area (Å²) >= 11 is 1.53. The number of aromatic nitrogens is 3. The fourth-order valence-electron chi connectivity index (χ4n) is 2.42. The molecule has 1 aromatic carbocycles. The van der Waals surface area contributed by atoms with Crippen molar-refractivity contribution < 1.29 is 9.90 Å². The zero-order valence-corrected chi connectivity index (χ0v) is 12.7. The lowest BCUT2D eigenvalue weighted by atomic mass is 10.2. The Kier molecular flexibility index (Phi) is 3.20. The van der Waals surface area contributed by atoms with Crippen molar-refractivity contribution in [3.63, 3.8) is 0 Å². The Labute approximate surface area is 134 Å². The van der Waals surface area contributed by atoms with Gasteiger partial charge in [-0.2, -0.15) is 0 Å². The summed E-state index contributed by atoms with van der Waals surface area (Å²) in [5.41, 5.74) is 1.80. The van der Waals surface area contributed by atoms with Crippen LogP contribution in [0.25, 0.3) is 21.1 Å². The van der Waals surface area contributed by atoms with Crippen LogP contribution in [0.1, 0.15) is 15.5 Å². The first-order valence-electron chi connectivity index (χ1n) is 6.99. The molecule has 4 rings (SSSR count). The molecule has 0 bridgehead atoms. The number of aromatic amines is 1. The SMILES string of the molecule is O=C(NCc1nc2cnccc2s1)c1cc2cccc(O)c2[nH]1. The largest absolute Gasteiger partial charge is 0.506 e. The number of nitrogens with zero attached hydrogens (tertiary/aromatic N) is 2. The van der Waals surface area contributed by atoms with Crippen molar-refractivity contribution in [1.82, 2.24) is 20.3 Å². The Morgan fingerprint density at radius 3 is 3.09 bits per heavy atom. The van der Waals surface area contributed by atoms with E-state index in [9.17, 15) is 9.90 Å². The standard InChI is InChI=1S/C16H12N4O2S/c21-12-3-1-2-9-6-10(20-15(9)12)16(22)18-8-14-19-11-7-17-5-4-13(11)23-14/h1-7,20-21H,8H2,(H,18,22). The van der Waals surface area contributed by atoms with Gasteiger partial charge in [0, 0.05) is 11.6 Å². The number of para-hydroxylation sites is 1. The van der Waals surface area contributed by atoms with Crippen molar-refractivity contribution in [3.05, 3.63) is 53.4 Å². The summed E-state index contributed by atoms with van der Waals surface area (Å²) in [5.74, 6) is -0.113. The monoisotopic (exact) mass is 324 g/mol. The van der Waals surface area contributed by atoms with Crippen LogP contribution in [-0.2, 0) is 6.54 Å². The van der Waals surface area contributed by atoms with E-state index >= 15 is 0 Å². The van der Waals surface area contributed by atoms with E-state index in [1.807, 2.05) is 12.1 Å². The number of carbonyl (C=O) groups is 1. The van der Waals surface area contributed by atoms with Crippen molar-refractivity contribution in [2.75, 3.05) is 0 Å². The van der Waals surface area contributed by atoms with Crippen LogP contribution in [0.2, 0.25) is 0 Å². The molecule has 7 heteroatoms. The Morgan fingerprint density at radius 2 is 2.26 bits per heavy atom. The molecule has 0 spiro atoms. The quantitative estimate of drug-likeness (QED) is 0.540. The Bertz CT molecular complexity index is 988. The number of aromatic hydroxyl groups is 1. The Hall–Kier alpha value is -2.93. The first-order valence-corrected chi connectivity index (χ1v) is 7.81. The maximum absolute atomic E-state index is 12.3. The normalized spacial score (nSPS) is 11.1. The molecule has 23 heavy (non-hydrogen) atoms. The molecule has 0 unspecified atom stereocenters. The lowest BCUT2D eigenvalue weighted by Crippen LogP contribution is -2.22. The molecule has 0 aliphatic heterocycles. The number of hydrogen-bond donors (Lipinski definition) is 3. The predicted octanol–water partition coefficient (Wildman–Crippen LogP) is 2.81. The highest BCUT2D eigenvalue weighted by Crippen LogP contribution is 2.24. The molecule has 0 aliphatic carbocycles. The molecule has 0 aliphatic rings. The highest BCUT2D eigenvalue weighted by Gasteiger charge is 2.12. The third-order valence-electron chi connectivity index (χ3n) is 3.51. The van der Waals surface area contributed by atoms with Crippen LogP contribution in [0.15, 0.2) is 42.7 Å². The van der Waals surface area contributed by atoms with Gasteiger partial charge in [0.1, 0.15) is 16.5 Å². The fraction of sp³-hybridized carbons (Fsp3) is 0.0625. The van der Waals surface area contributed by atoms with Gasteiger partial charge in [-0.15, -0.1) is 11.3 Å². The van der Waals surface area contributed by atoms with Crippen molar-refractivity contribution in [2.45, 2.75) is 6.54 Å². The maximum Gasteiger partial charge on any atom is 0.268 e. The third-order valence-corrected chi connectivity index (χ3v) is 4.55. The highest BCUT2D eigenvalue weighted by molar-refractivity contribution is 7.18. The first-order chi connectivity index (χ1) is 11.2. The molecule has 0 saturated heterocycles. The number of hydrogen-bond acceptors (Lipinski definition) is 5. The minimum Gasteiger partial charge on any atom is -0.506 e. The number of nitrogens with one attached hydrogen (secondary N) is 2. The molecule has 0 radical (unpaired) electrons. The van der Waals surface area contributed by atoms with E-state index in [2.05, 4.69) is 20.3 Å². The number of phenolic OH excluding ortho intramolecular Hbond substituents is 1. The Morgan fingerprint density at radius 1 is 1.35 bits per heavy atom. The van der Waals surface area contributed by atoms with Crippen molar-refractivity contribution in [2.24, 2.45) is 0 Å². The molecule has 0 saturated carbocycles. The lowest BCUT2D eigenvalue weighted by molar-refractivity contribution is 0.0946. The summed E-state index contributed by atoms with van der Waals surface area (Å²) in [6.07, 6.45) is 3.43. The second-order valence-electron chi connectivity index (χ2n) is 5.06. The molecular formula is C16H12N4O2S. The zero-order chi connectivity index (χ0) is 15.8. The molecule has 1 amide bonds. The van der Waals surface area contributed by atoms with Gasteiger partial charge in [0.15, 0.2) is 0 Å². The van der Waals surface area contributed by atoms with Crippen LogP contribution in [-0.4, -0.2) is 26.0 Å². The predicted molar refractivity (Wildman–Crippen MR) is 88.5 cm³/mol. The van der Waals surface area contributed by atoms with Crippen LogP contribution in [0.4, 0.5) is 0 Å². The minimum absolute atomic E-state index is 0.125. The van der Waals surface area contributed by atoms with Gasteiger partial charge < -0.3 is 15.4 Å². The average molecular weight is 324 g/mol. The lowest BCUT2D eigenvalue weighted by Gasteiger charge is -2.00. The molecule has 0 fully saturated rings. The zero-order valence-electron chi connectivity index (χ0n) is 11.9. The summed E-state index contributed by atoms with van der Waals surface area (Å²) in [5, 5.41) is 14.2. The number of H-pyrrole nitrogens is 1. The number of fused-ring (bicyclic) bond motifs is 2. The second-order valence-corrected chi connectivity index (χ2v) is 6.17. The van der Waals surface area contributed by atoms with Gasteiger partial charge >= 0.3 is 0 Å². The van der Waals surface area contributed by atoms with Crippen LogP contribution < -0.4 is 5.32 Å². The number of amides is 1. The molecule has 114 valence electrons. The molecule has 0 atom stereocenters. The van der Waals surface area contributed by atoms with Crippen LogP contribution in [0, 0.1) is 0 Å². The van der Waals surface area contributed by atoms with Gasteiger partial charge in [-0.05, 0) is 18.2 Å². The number of thiazole rings is 1. The van der Waals surface area contributed by atoms with Gasteiger partial charge in [-0.25, -0.2) is 4.98 Å². The van der Waals surface area contributed by atoms with Crippen LogP contribution >= 0.6 is 11.3 Å². The molecular weight excluding hydrogens is 312 g/mol. The minimum atomic E-state index is -0.238. The smallest absolute Gasteiger partial charge is 0.268 e. The van der Waals surface area contributed by atoms with E-state index < -0.39 is 0 Å². The van der Waals surface area contributed by atoms with Gasteiger partial charge in [0.25, 0.3) is 5.91 Å². The summed E-state index contributed by atoms with van der Waals surface area (Å²) in [6.45, 7) is 0.347. The van der Waals surface area contributed by atoms with E-state index in [0.29, 0.717) is 17.8 Å². The van der Waals surface area contributed by atoms with Gasteiger partial charge in [-0.3, -0.25) is 9.78 Å². The van der Waals surface area contributed by atoms with Crippen molar-refractivity contribution >= 4 is 38.4 Å². The van der Waals surface area contributed by atoms with Crippen molar-refractivity contribution in [1.29, 1.82) is 0 Å². The summed E-state index contributed by atoms with van der Waals surface area (Å²) in [4.78, 5) is 23.6. The van der Waals surface area contributed by atoms with Crippen molar-refractivity contribution in [3.8, 4) is 5.75 Å². The molecule has 3 aromatic heterocycles. The van der Waals surface area contributed by atoms with E-state index in [1.54, 1.807) is 30.6 Å². The topological polar surface area (TPSA) is 90.9 Å². The van der Waals surface area contributed by atoms with Crippen LogP contribution in [0.5, 0.6) is 5.75 Å². The number of rotatable bonds is 3. The number of carbonyl (C=O) groups excluding carboxylic acids is 1. The summed E-state index contributed by atoms with van der Waals surface area (Å²) in [6, 6.07) is 8.77. The molecule has 3 N–H and O–H groups in total. The van der Waals surface area contributed by atoms with Gasteiger partial charge in [0.05, 0.1) is 28.5 Å². The summed E-state index contributed by atoms with van der Waals surface area (Å²) < 4.78 is 1.04. The average Bonchev–Trinajstić information content (AvgIpc) is 3.17. The second kappa shape index (κ2) is 5.36. The Balaban J connectivity index is 1.53. The molecule has 3 heterocycles. The number of benzene rings is 1. The van der Waals surface area contributed by atoms with Gasteiger partial charge in [-0.1, -0.05) is 12.1 Å². The number of phenols is 1. The van der Waals surface area contributed by atoms with E-state index in [-0.39, 0.29) is 11.7 Å². The van der Waals surface area contributed by atoms with Gasteiger partial charge in [0.2, 0.25) is 0 Å².